The Morgan fingerprint density at radius 2 is 1.19 bits per heavy atom. The highest BCUT2D eigenvalue weighted by Crippen LogP contribution is 2.40. The van der Waals surface area contributed by atoms with Gasteiger partial charge in [0, 0.05) is 12.7 Å². The molecule has 0 amide bonds. The van der Waals surface area contributed by atoms with Crippen molar-refractivity contribution in [2.75, 3.05) is 6.54 Å². The number of nitrogens with one attached hydrogen (secondary N) is 1. The van der Waals surface area contributed by atoms with E-state index in [9.17, 15) is 8.42 Å². The molecule has 6 heteroatoms. The van der Waals surface area contributed by atoms with Gasteiger partial charge in [-0.2, -0.15) is 0 Å². The maximum Gasteiger partial charge on any atom is 0.240 e. The molecule has 6 aromatic rings. The number of hydrogen-bond acceptors (Lipinski definition) is 3. The Bertz CT molecular complexity index is 1770. The Balaban J connectivity index is 1.19. The molecule has 0 aliphatic rings. The molecule has 0 radical (unpaired) electrons. The molecule has 210 valence electrons. The van der Waals surface area contributed by atoms with Gasteiger partial charge in [0.05, 0.1) is 16.9 Å². The van der Waals surface area contributed by atoms with E-state index in [1.54, 1.807) is 12.1 Å². The minimum atomic E-state index is -3.57. The number of aromatic nitrogens is 2. The van der Waals surface area contributed by atoms with Crippen molar-refractivity contribution in [1.82, 2.24) is 14.3 Å². The first-order chi connectivity index (χ1) is 20.6. The van der Waals surface area contributed by atoms with E-state index in [1.165, 1.54) is 0 Å². The summed E-state index contributed by atoms with van der Waals surface area (Å²) in [6.45, 7) is 0.373. The van der Waals surface area contributed by atoms with Crippen molar-refractivity contribution in [2.24, 2.45) is 0 Å². The molecule has 1 aromatic heterocycles. The lowest BCUT2D eigenvalue weighted by molar-refractivity contribution is 0.514. The zero-order valence-corrected chi connectivity index (χ0v) is 24.1. The van der Waals surface area contributed by atoms with Gasteiger partial charge in [-0.25, -0.2) is 18.1 Å². The van der Waals surface area contributed by atoms with Crippen LogP contribution < -0.4 is 4.72 Å². The topological polar surface area (TPSA) is 64.0 Å². The van der Waals surface area contributed by atoms with E-state index >= 15 is 0 Å². The Morgan fingerprint density at radius 1 is 0.643 bits per heavy atom. The SMILES string of the molecule is O=S(=O)(NCCCCc1cn(C(c2ccccc2)(c2ccccc2)c2ccccc2)cn1)c1ccc2ccccc2c1. The van der Waals surface area contributed by atoms with Gasteiger partial charge in [0.25, 0.3) is 0 Å². The van der Waals surface area contributed by atoms with Crippen LogP contribution in [0.1, 0.15) is 35.2 Å². The van der Waals surface area contributed by atoms with Gasteiger partial charge in [0.1, 0.15) is 5.54 Å². The Hall–Kier alpha value is -4.52. The monoisotopic (exact) mass is 571 g/mol. The molecule has 0 saturated heterocycles. The van der Waals surface area contributed by atoms with Gasteiger partial charge in [-0.15, -0.1) is 0 Å². The first-order valence-electron chi connectivity index (χ1n) is 14.3. The standard InChI is InChI=1S/C36H33N3O2S/c40-42(41,35-24-23-29-14-10-11-15-30(29)26-35)38-25-13-12-22-34-27-39(28-37-34)36(31-16-4-1-5-17-31,32-18-6-2-7-19-32)33-20-8-3-9-21-33/h1-11,14-21,23-24,26-28,38H,12-13,22,25H2. The molecule has 0 atom stereocenters. The van der Waals surface area contributed by atoms with Crippen LogP contribution in [0, 0.1) is 0 Å². The third kappa shape index (κ3) is 5.51. The molecule has 0 unspecified atom stereocenters. The summed E-state index contributed by atoms with van der Waals surface area (Å²) in [7, 11) is -3.57. The summed E-state index contributed by atoms with van der Waals surface area (Å²) in [5, 5.41) is 1.93. The maximum atomic E-state index is 12.9. The molecule has 5 aromatic carbocycles. The number of unbranched alkanes of at least 4 members (excludes halogenated alkanes) is 1. The van der Waals surface area contributed by atoms with E-state index in [4.69, 9.17) is 4.98 Å². The van der Waals surface area contributed by atoms with Crippen molar-refractivity contribution < 1.29 is 8.42 Å². The van der Waals surface area contributed by atoms with Crippen LogP contribution in [0.4, 0.5) is 0 Å². The van der Waals surface area contributed by atoms with Gasteiger partial charge >= 0.3 is 0 Å². The number of nitrogens with zero attached hydrogens (tertiary/aromatic N) is 2. The molecule has 0 fully saturated rings. The normalized spacial score (nSPS) is 12.0. The predicted octanol–water partition coefficient (Wildman–Crippen LogP) is 7.18. The predicted molar refractivity (Wildman–Crippen MR) is 169 cm³/mol. The lowest BCUT2D eigenvalue weighted by Gasteiger charge is -2.37. The van der Waals surface area contributed by atoms with Crippen molar-refractivity contribution in [3.8, 4) is 0 Å². The van der Waals surface area contributed by atoms with Crippen LogP contribution in [0.2, 0.25) is 0 Å². The maximum absolute atomic E-state index is 12.9. The third-order valence-corrected chi connectivity index (χ3v) is 9.24. The smallest absolute Gasteiger partial charge is 0.240 e. The minimum Gasteiger partial charge on any atom is -0.319 e. The van der Waals surface area contributed by atoms with Gasteiger partial charge in [0.15, 0.2) is 0 Å². The van der Waals surface area contributed by atoms with Gasteiger partial charge in [-0.3, -0.25) is 0 Å². The summed E-state index contributed by atoms with van der Waals surface area (Å²) >= 11 is 0. The van der Waals surface area contributed by atoms with E-state index < -0.39 is 15.6 Å². The molecular formula is C36H33N3O2S. The number of aryl methyl sites for hydroxylation is 1. The van der Waals surface area contributed by atoms with Crippen LogP contribution >= 0.6 is 0 Å². The molecule has 0 aliphatic carbocycles. The second-order valence-electron chi connectivity index (χ2n) is 10.4. The highest BCUT2D eigenvalue weighted by molar-refractivity contribution is 7.89. The fourth-order valence-electron chi connectivity index (χ4n) is 5.72. The molecule has 1 heterocycles. The number of imidazole rings is 1. The zero-order valence-electron chi connectivity index (χ0n) is 23.3. The number of rotatable bonds is 11. The average molecular weight is 572 g/mol. The molecule has 0 saturated carbocycles. The summed E-state index contributed by atoms with van der Waals surface area (Å²) in [6, 6.07) is 44.6. The van der Waals surface area contributed by atoms with Crippen molar-refractivity contribution >= 4 is 20.8 Å². The second-order valence-corrected chi connectivity index (χ2v) is 12.2. The lowest BCUT2D eigenvalue weighted by atomic mass is 9.77. The lowest BCUT2D eigenvalue weighted by Crippen LogP contribution is -2.36. The van der Waals surface area contributed by atoms with Gasteiger partial charge in [0.2, 0.25) is 10.0 Å². The highest BCUT2D eigenvalue weighted by Gasteiger charge is 2.38. The van der Waals surface area contributed by atoms with Gasteiger partial charge in [-0.1, -0.05) is 121 Å². The summed E-state index contributed by atoms with van der Waals surface area (Å²) in [5.41, 5.74) is 3.82. The zero-order chi connectivity index (χ0) is 28.8. The minimum absolute atomic E-state index is 0.291. The first kappa shape index (κ1) is 27.6. The van der Waals surface area contributed by atoms with Crippen molar-refractivity contribution in [3.63, 3.8) is 0 Å². The average Bonchev–Trinajstić information content (AvgIpc) is 3.51. The molecule has 0 bridgehead atoms. The van der Waals surface area contributed by atoms with Crippen LogP contribution in [0.25, 0.3) is 10.8 Å². The van der Waals surface area contributed by atoms with Gasteiger partial charge in [-0.05, 0) is 58.9 Å². The van der Waals surface area contributed by atoms with Crippen LogP contribution in [-0.4, -0.2) is 24.5 Å². The molecule has 0 aliphatic heterocycles. The molecule has 5 nitrogen and oxygen atoms in total. The van der Waals surface area contributed by atoms with E-state index in [0.29, 0.717) is 17.9 Å². The van der Waals surface area contributed by atoms with Crippen LogP contribution in [0.5, 0.6) is 0 Å². The largest absolute Gasteiger partial charge is 0.319 e. The van der Waals surface area contributed by atoms with Gasteiger partial charge < -0.3 is 4.57 Å². The van der Waals surface area contributed by atoms with Crippen molar-refractivity contribution in [2.45, 2.75) is 29.7 Å². The Kier molecular flexibility index (Phi) is 8.00. The second kappa shape index (κ2) is 12.1. The number of benzene rings is 5. The van der Waals surface area contributed by atoms with Crippen LogP contribution in [0.15, 0.2) is 151 Å². The Labute approximate surface area is 247 Å². The molecule has 6 rings (SSSR count). The van der Waals surface area contributed by atoms with Crippen LogP contribution in [-0.2, 0) is 22.0 Å². The molecular weight excluding hydrogens is 538 g/mol. The van der Waals surface area contributed by atoms with E-state index in [1.807, 2.05) is 54.9 Å². The third-order valence-electron chi connectivity index (χ3n) is 7.78. The Morgan fingerprint density at radius 3 is 1.79 bits per heavy atom. The molecule has 42 heavy (non-hydrogen) atoms. The van der Waals surface area contributed by atoms with E-state index in [2.05, 4.69) is 88.3 Å². The quantitative estimate of drug-likeness (QED) is 0.132. The first-order valence-corrected chi connectivity index (χ1v) is 15.7. The molecule has 1 N–H and O–H groups in total. The number of fused-ring (bicyclic) bond motifs is 1. The summed E-state index contributed by atoms with van der Waals surface area (Å²) < 4.78 is 30.8. The fraction of sp³-hybridized carbons (Fsp3) is 0.139. The van der Waals surface area contributed by atoms with Crippen molar-refractivity contribution in [1.29, 1.82) is 0 Å². The van der Waals surface area contributed by atoms with Crippen molar-refractivity contribution in [3.05, 3.63) is 168 Å². The summed E-state index contributed by atoms with van der Waals surface area (Å²) in [5.74, 6) is 0. The van der Waals surface area contributed by atoms with E-state index in [0.717, 1.165) is 46.0 Å². The molecule has 0 spiro atoms. The number of sulfonamides is 1. The summed E-state index contributed by atoms with van der Waals surface area (Å²) in [6.07, 6.45) is 6.32. The summed E-state index contributed by atoms with van der Waals surface area (Å²) in [4.78, 5) is 5.10. The van der Waals surface area contributed by atoms with E-state index in [-0.39, 0.29) is 0 Å². The highest BCUT2D eigenvalue weighted by atomic mass is 32.2. The van der Waals surface area contributed by atoms with Crippen LogP contribution in [0.3, 0.4) is 0 Å². The fourth-order valence-corrected chi connectivity index (χ4v) is 6.83. The number of hydrogen-bond donors (Lipinski definition) is 1.